The van der Waals surface area contributed by atoms with Crippen LogP contribution in [0.4, 0.5) is 0 Å². The molecule has 116 valence electrons. The third-order valence-corrected chi connectivity index (χ3v) is 2.69. The van der Waals surface area contributed by atoms with Crippen LogP contribution in [0, 0.1) is 57.4 Å². The third-order valence-electron chi connectivity index (χ3n) is 1.99. The Morgan fingerprint density at radius 2 is 1.45 bits per heavy atom. The molecule has 7 heteroatoms. The molecule has 1 unspecified atom stereocenters. The molecule has 6 nitrogen and oxygen atoms in total. The number of hydrogen-bond acceptors (Lipinski definition) is 1. The molecular formula is C15H14CrO6. The van der Waals surface area contributed by atoms with Crippen LogP contribution in [0.25, 0.3) is 0 Å². The molecule has 0 aromatic heterocycles. The van der Waals surface area contributed by atoms with Crippen molar-refractivity contribution in [3.63, 3.8) is 0 Å². The zero-order valence-electron chi connectivity index (χ0n) is 11.9. The second-order valence-corrected chi connectivity index (χ2v) is 3.93. The molecule has 0 heterocycles. The van der Waals surface area contributed by atoms with Gasteiger partial charge in [-0.2, -0.15) is 0 Å². The van der Waals surface area contributed by atoms with Crippen molar-refractivity contribution in [1.82, 2.24) is 0 Å². The van der Waals surface area contributed by atoms with Gasteiger partial charge < -0.3 is 0 Å². The summed E-state index contributed by atoms with van der Waals surface area (Å²) in [5.41, 5.74) is 0. The van der Waals surface area contributed by atoms with Crippen LogP contribution in [-0.2, 0) is 43.8 Å². The van der Waals surface area contributed by atoms with Gasteiger partial charge in [0.05, 0.1) is 0 Å². The van der Waals surface area contributed by atoms with Crippen LogP contribution in [0.5, 0.6) is 0 Å². The first-order valence-electron chi connectivity index (χ1n) is 5.39. The van der Waals surface area contributed by atoms with Crippen LogP contribution in [0.3, 0.4) is 0 Å². The quantitative estimate of drug-likeness (QED) is 0.422. The minimum absolute atomic E-state index is 0.331. The Labute approximate surface area is 139 Å². The van der Waals surface area contributed by atoms with E-state index < -0.39 is 0 Å². The molecule has 0 N–H and O–H groups in total. The second-order valence-electron chi connectivity index (χ2n) is 3.30. The van der Waals surface area contributed by atoms with E-state index in [1.165, 1.54) is 12.8 Å². The maximum absolute atomic E-state index is 7.50. The molecule has 0 bridgehead atoms. The van der Waals surface area contributed by atoms with Crippen molar-refractivity contribution in [3.05, 3.63) is 33.3 Å². The van der Waals surface area contributed by atoms with Crippen LogP contribution in [0.15, 0.2) is 0 Å². The maximum atomic E-state index is 7.50. The van der Waals surface area contributed by atoms with Gasteiger partial charge in [0.1, 0.15) is 0 Å². The van der Waals surface area contributed by atoms with Gasteiger partial charge in [-0.1, -0.05) is 0 Å². The molecule has 0 radical (unpaired) electrons. The molecule has 22 heavy (non-hydrogen) atoms. The summed E-state index contributed by atoms with van der Waals surface area (Å²) in [7, 11) is 0. The second kappa shape index (κ2) is 36.7. The molecule has 0 aliphatic heterocycles. The van der Waals surface area contributed by atoms with Gasteiger partial charge in [0.25, 0.3) is 0 Å². The first-order chi connectivity index (χ1) is 10.7. The van der Waals surface area contributed by atoms with Gasteiger partial charge in [0.2, 0.25) is 0 Å². The molecule has 1 fully saturated rings. The van der Waals surface area contributed by atoms with Crippen LogP contribution in [0.1, 0.15) is 26.2 Å². The Morgan fingerprint density at radius 1 is 1.09 bits per heavy atom. The van der Waals surface area contributed by atoms with Gasteiger partial charge in [-0.3, -0.25) is 0 Å². The van der Waals surface area contributed by atoms with Gasteiger partial charge in [-0.25, -0.2) is 0 Å². The summed E-state index contributed by atoms with van der Waals surface area (Å²) in [6.07, 6.45) is 8.76. The summed E-state index contributed by atoms with van der Waals surface area (Å²) in [5, 5.41) is 0. The van der Waals surface area contributed by atoms with Crippen molar-refractivity contribution in [1.29, 1.82) is 0 Å². The summed E-state index contributed by atoms with van der Waals surface area (Å²) in [6.45, 7) is 25.3. The monoisotopic (exact) mass is 342 g/mol. The van der Waals surface area contributed by atoms with Crippen molar-refractivity contribution in [2.75, 3.05) is 6.61 Å². The van der Waals surface area contributed by atoms with E-state index in [4.69, 9.17) is 34.4 Å². The van der Waals surface area contributed by atoms with Gasteiger partial charge in [-0.15, -0.1) is 0 Å². The van der Waals surface area contributed by atoms with Crippen LogP contribution < -0.4 is 0 Å². The van der Waals surface area contributed by atoms with Crippen molar-refractivity contribution in [2.24, 2.45) is 11.8 Å². The molecule has 1 atom stereocenters. The number of rotatable bonds is 5. The predicted molar refractivity (Wildman–Crippen MR) is 65.9 cm³/mol. The van der Waals surface area contributed by atoms with Gasteiger partial charge in [-0.05, 0) is 0 Å². The Bertz CT molecular complexity index is 347. The first kappa shape index (κ1) is 32.5. The number of ether oxygens (including phenoxy) is 1. The molecule has 1 rings (SSSR count). The first-order valence-corrected chi connectivity index (χ1v) is 6.02. The van der Waals surface area contributed by atoms with E-state index in [2.05, 4.69) is 55.0 Å². The van der Waals surface area contributed by atoms with E-state index in [9.17, 15) is 0 Å². The Morgan fingerprint density at radius 3 is 1.73 bits per heavy atom. The molecular weight excluding hydrogens is 328 g/mol. The number of terminal acetylenes is 1. The van der Waals surface area contributed by atoms with Crippen molar-refractivity contribution < 1.29 is 43.8 Å². The molecule has 0 saturated heterocycles. The Kier molecular flexibility index (Phi) is 54.2. The van der Waals surface area contributed by atoms with E-state index in [1.54, 1.807) is 0 Å². The van der Waals surface area contributed by atoms with E-state index in [-0.39, 0.29) is 0 Å². The van der Waals surface area contributed by atoms with E-state index in [0.29, 0.717) is 11.8 Å². The molecule has 0 aromatic carbocycles. The average Bonchev–Trinajstić information content (AvgIpc) is 3.48. The molecule has 1 saturated carbocycles. The summed E-state index contributed by atoms with van der Waals surface area (Å²) in [6, 6.07) is 0. The fourth-order valence-corrected chi connectivity index (χ4v) is 1.35. The molecule has 1 aliphatic carbocycles. The molecule has 1 aliphatic rings. The third kappa shape index (κ3) is 31.2. The SMILES string of the molecule is C#CC(C)CCO[C](=[Cr])C1CC1.[C-]#[O+].[C-]#[O+].[C-]#[O+].[C-]#[O+].[C-]#[O+]. The zero-order valence-corrected chi connectivity index (χ0v) is 13.2. The summed E-state index contributed by atoms with van der Waals surface area (Å²) >= 11 is 2.97. The Hall–Kier alpha value is -1.38. The average molecular weight is 342 g/mol. The minimum atomic E-state index is 0.331. The Balaban J connectivity index is -0.0000000822. The normalized spacial score (nSPS) is 10.5. The number of hydrogen-bond donors (Lipinski definition) is 0. The molecule has 0 amide bonds. The standard InChI is InChI=1S/C10H14O.5CO.Cr/c1-3-9(2)6-7-11-8-10-4-5-10;5*1-2;/h1,9-10H,4-7H2,2H3;;;;;;. The topological polar surface area (TPSA) is 109 Å². The summed E-state index contributed by atoms with van der Waals surface area (Å²) in [5.74, 6) is 3.71. The predicted octanol–water partition coefficient (Wildman–Crippen LogP) is 1.56. The fourth-order valence-electron chi connectivity index (χ4n) is 0.857. The summed E-state index contributed by atoms with van der Waals surface area (Å²) in [4.78, 5) is 0. The van der Waals surface area contributed by atoms with Crippen molar-refractivity contribution in [3.8, 4) is 12.3 Å². The fraction of sp³-hybridized carbons (Fsp3) is 0.467. The zero-order chi connectivity index (χ0) is 19.0. The van der Waals surface area contributed by atoms with Crippen molar-refractivity contribution in [2.45, 2.75) is 26.2 Å². The van der Waals surface area contributed by atoms with E-state index >= 15 is 0 Å². The van der Waals surface area contributed by atoms with Crippen molar-refractivity contribution >= 4 is 4.57 Å². The summed E-state index contributed by atoms with van der Waals surface area (Å²) < 4.78 is 44.1. The van der Waals surface area contributed by atoms with Gasteiger partial charge >= 0.3 is 139 Å². The van der Waals surface area contributed by atoms with Crippen LogP contribution in [-0.4, -0.2) is 11.2 Å². The van der Waals surface area contributed by atoms with Gasteiger partial charge in [0, 0.05) is 0 Å². The van der Waals surface area contributed by atoms with Crippen LogP contribution in [0.2, 0.25) is 0 Å². The van der Waals surface area contributed by atoms with Gasteiger partial charge in [0.15, 0.2) is 0 Å². The molecule has 0 aromatic rings. The van der Waals surface area contributed by atoms with Crippen LogP contribution >= 0.6 is 0 Å². The molecule has 0 spiro atoms. The van der Waals surface area contributed by atoms with E-state index in [0.717, 1.165) is 17.6 Å². The van der Waals surface area contributed by atoms with E-state index in [1.807, 2.05) is 6.92 Å².